The highest BCUT2D eigenvalue weighted by Gasteiger charge is 2.33. The van der Waals surface area contributed by atoms with Crippen molar-refractivity contribution in [2.45, 2.75) is 36.7 Å². The number of carbonyl (C=O) groups is 1. The van der Waals surface area contributed by atoms with Crippen LogP contribution in [-0.2, 0) is 20.4 Å². The van der Waals surface area contributed by atoms with Gasteiger partial charge in [0.1, 0.15) is 5.82 Å². The smallest absolute Gasteiger partial charge is 0.306 e. The van der Waals surface area contributed by atoms with Crippen molar-refractivity contribution in [2.75, 3.05) is 0 Å². The van der Waals surface area contributed by atoms with Gasteiger partial charge >= 0.3 is 5.97 Å². The highest BCUT2D eigenvalue weighted by atomic mass is 32.2. The molecule has 1 aromatic carbocycles. The fourth-order valence-electron chi connectivity index (χ4n) is 2.62. The lowest BCUT2D eigenvalue weighted by atomic mass is 9.89. The van der Waals surface area contributed by atoms with E-state index in [1.165, 1.54) is 18.2 Å². The monoisotopic (exact) mass is 300 g/mol. The molecule has 0 heterocycles. The van der Waals surface area contributed by atoms with Gasteiger partial charge in [0.15, 0.2) is 9.84 Å². The Bertz CT molecular complexity index is 589. The summed E-state index contributed by atoms with van der Waals surface area (Å²) in [4.78, 5) is 10.8. The summed E-state index contributed by atoms with van der Waals surface area (Å²) in [5, 5.41) is 8.34. The number of hydrogen-bond donors (Lipinski definition) is 1. The van der Waals surface area contributed by atoms with Crippen LogP contribution in [0.25, 0.3) is 0 Å². The predicted octanol–water partition coefficient (Wildman–Crippen LogP) is 2.38. The number of sulfone groups is 1. The number of aliphatic carboxylic acids is 1. The maximum atomic E-state index is 13.5. The summed E-state index contributed by atoms with van der Waals surface area (Å²) >= 11 is 0. The van der Waals surface area contributed by atoms with Gasteiger partial charge < -0.3 is 5.11 Å². The Balaban J connectivity index is 2.05. The number of carboxylic acids is 1. The Morgan fingerprint density at radius 3 is 2.35 bits per heavy atom. The Kier molecular flexibility index (Phi) is 4.42. The van der Waals surface area contributed by atoms with Gasteiger partial charge in [-0.1, -0.05) is 18.2 Å². The van der Waals surface area contributed by atoms with Crippen LogP contribution in [0.1, 0.15) is 31.2 Å². The van der Waals surface area contributed by atoms with E-state index in [4.69, 9.17) is 5.11 Å². The maximum absolute atomic E-state index is 13.5. The Labute approximate surface area is 117 Å². The molecule has 0 radical (unpaired) electrons. The molecule has 0 aliphatic heterocycles. The van der Waals surface area contributed by atoms with Gasteiger partial charge in [-0.3, -0.25) is 4.79 Å². The molecule has 0 amide bonds. The normalized spacial score (nSPS) is 23.4. The van der Waals surface area contributed by atoms with Gasteiger partial charge in [0.2, 0.25) is 0 Å². The standard InChI is InChI=1S/C14H17FO4S/c15-13-4-2-1-3-11(13)9-20(18,19)12-7-5-10(6-8-12)14(16)17/h1-4,10,12H,5-9H2,(H,16,17). The van der Waals surface area contributed by atoms with Crippen LogP contribution in [0.15, 0.2) is 24.3 Å². The van der Waals surface area contributed by atoms with Crippen molar-refractivity contribution in [3.05, 3.63) is 35.6 Å². The molecule has 0 saturated heterocycles. The van der Waals surface area contributed by atoms with Gasteiger partial charge in [-0.2, -0.15) is 0 Å². The molecule has 20 heavy (non-hydrogen) atoms. The molecule has 1 aliphatic rings. The average molecular weight is 300 g/mol. The molecule has 1 aliphatic carbocycles. The van der Waals surface area contributed by atoms with Crippen LogP contribution in [0.2, 0.25) is 0 Å². The van der Waals surface area contributed by atoms with E-state index in [0.29, 0.717) is 25.7 Å². The average Bonchev–Trinajstić information content (AvgIpc) is 2.41. The topological polar surface area (TPSA) is 71.4 Å². The number of carboxylic acid groups (broad SMARTS) is 1. The molecule has 0 bridgehead atoms. The quantitative estimate of drug-likeness (QED) is 0.926. The lowest BCUT2D eigenvalue weighted by Gasteiger charge is -2.26. The van der Waals surface area contributed by atoms with Gasteiger partial charge in [0.05, 0.1) is 16.9 Å². The van der Waals surface area contributed by atoms with Gasteiger partial charge in [-0.25, -0.2) is 12.8 Å². The zero-order valence-corrected chi connectivity index (χ0v) is 11.8. The molecule has 1 fully saturated rings. The Morgan fingerprint density at radius 2 is 1.80 bits per heavy atom. The third kappa shape index (κ3) is 3.36. The van der Waals surface area contributed by atoms with Crippen molar-refractivity contribution >= 4 is 15.8 Å². The van der Waals surface area contributed by atoms with Crippen molar-refractivity contribution in [3.63, 3.8) is 0 Å². The van der Waals surface area contributed by atoms with Gasteiger partial charge in [0.25, 0.3) is 0 Å². The van der Waals surface area contributed by atoms with Crippen molar-refractivity contribution in [1.29, 1.82) is 0 Å². The third-order valence-corrected chi connectivity index (χ3v) is 6.05. The minimum absolute atomic E-state index is 0.174. The fraction of sp³-hybridized carbons (Fsp3) is 0.500. The third-order valence-electron chi connectivity index (χ3n) is 3.85. The second-order valence-electron chi connectivity index (χ2n) is 5.21. The molecule has 1 aromatic rings. The number of halogens is 1. The molecule has 4 nitrogen and oxygen atoms in total. The summed E-state index contributed by atoms with van der Waals surface area (Å²) in [5.41, 5.74) is 0.174. The van der Waals surface area contributed by atoms with E-state index < -0.39 is 32.8 Å². The number of hydrogen-bond acceptors (Lipinski definition) is 3. The highest BCUT2D eigenvalue weighted by Crippen LogP contribution is 2.30. The lowest BCUT2D eigenvalue weighted by molar-refractivity contribution is -0.142. The predicted molar refractivity (Wildman–Crippen MR) is 72.4 cm³/mol. The van der Waals surface area contributed by atoms with Crippen LogP contribution in [0.5, 0.6) is 0 Å². The van der Waals surface area contributed by atoms with Crippen LogP contribution in [-0.4, -0.2) is 24.7 Å². The van der Waals surface area contributed by atoms with E-state index >= 15 is 0 Å². The summed E-state index contributed by atoms with van der Waals surface area (Å²) in [6.45, 7) is 0. The first-order valence-corrected chi connectivity index (χ1v) is 8.29. The molecule has 0 spiro atoms. The van der Waals surface area contributed by atoms with Crippen molar-refractivity contribution in [3.8, 4) is 0 Å². The summed E-state index contributed by atoms with van der Waals surface area (Å²) < 4.78 is 38.1. The van der Waals surface area contributed by atoms with Crippen molar-refractivity contribution < 1.29 is 22.7 Å². The van der Waals surface area contributed by atoms with Crippen LogP contribution < -0.4 is 0 Å². The van der Waals surface area contributed by atoms with E-state index in [-0.39, 0.29) is 11.3 Å². The molecular weight excluding hydrogens is 283 g/mol. The molecule has 0 atom stereocenters. The van der Waals surface area contributed by atoms with Crippen molar-refractivity contribution in [2.24, 2.45) is 5.92 Å². The van der Waals surface area contributed by atoms with Gasteiger partial charge in [0, 0.05) is 5.56 Å². The fourth-order valence-corrected chi connectivity index (χ4v) is 4.51. The highest BCUT2D eigenvalue weighted by molar-refractivity contribution is 7.91. The van der Waals surface area contributed by atoms with Gasteiger partial charge in [-0.15, -0.1) is 0 Å². The van der Waals surface area contributed by atoms with Crippen LogP contribution in [0.4, 0.5) is 4.39 Å². The van der Waals surface area contributed by atoms with Crippen molar-refractivity contribution in [1.82, 2.24) is 0 Å². The first kappa shape index (κ1) is 15.0. The molecule has 1 saturated carbocycles. The van der Waals surface area contributed by atoms with E-state index in [0.717, 1.165) is 0 Å². The second-order valence-corrected chi connectivity index (χ2v) is 7.49. The largest absolute Gasteiger partial charge is 0.481 e. The summed E-state index contributed by atoms with van der Waals surface area (Å²) in [6, 6.07) is 5.83. The Hall–Kier alpha value is -1.43. The first-order chi connectivity index (χ1) is 9.40. The first-order valence-electron chi connectivity index (χ1n) is 6.58. The molecule has 0 aromatic heterocycles. The Morgan fingerprint density at radius 1 is 1.20 bits per heavy atom. The molecule has 2 rings (SSSR count). The summed E-state index contributed by atoms with van der Waals surface area (Å²) in [6.07, 6.45) is 1.43. The van der Waals surface area contributed by atoms with E-state index in [9.17, 15) is 17.6 Å². The SMILES string of the molecule is O=C(O)C1CCC(S(=O)(=O)Cc2ccccc2F)CC1. The minimum atomic E-state index is -3.44. The molecule has 6 heteroatoms. The molecule has 1 N–H and O–H groups in total. The molecular formula is C14H17FO4S. The minimum Gasteiger partial charge on any atom is -0.481 e. The van der Waals surface area contributed by atoms with E-state index in [2.05, 4.69) is 0 Å². The summed E-state index contributed by atoms with van der Waals surface area (Å²) in [7, 11) is -3.44. The molecule has 0 unspecified atom stereocenters. The summed E-state index contributed by atoms with van der Waals surface area (Å²) in [5.74, 6) is -2.15. The zero-order chi connectivity index (χ0) is 14.8. The lowest BCUT2D eigenvalue weighted by Crippen LogP contribution is -2.30. The van der Waals surface area contributed by atoms with Crippen LogP contribution >= 0.6 is 0 Å². The number of rotatable bonds is 4. The van der Waals surface area contributed by atoms with Gasteiger partial charge in [-0.05, 0) is 31.7 Å². The van der Waals surface area contributed by atoms with E-state index in [1.54, 1.807) is 6.07 Å². The second kappa shape index (κ2) is 5.91. The van der Waals surface area contributed by atoms with Crippen LogP contribution in [0, 0.1) is 11.7 Å². The number of benzene rings is 1. The molecule has 110 valence electrons. The van der Waals surface area contributed by atoms with Crippen LogP contribution in [0.3, 0.4) is 0 Å². The van der Waals surface area contributed by atoms with E-state index in [1.807, 2.05) is 0 Å². The maximum Gasteiger partial charge on any atom is 0.306 e. The zero-order valence-electron chi connectivity index (χ0n) is 11.0.